The second-order valence-corrected chi connectivity index (χ2v) is 5.97. The van der Waals surface area contributed by atoms with Crippen molar-refractivity contribution in [2.75, 3.05) is 11.6 Å². The number of pyridine rings is 1. The number of nitrogen functional groups attached to an aromatic ring is 2. The van der Waals surface area contributed by atoms with Gasteiger partial charge in [0.05, 0.1) is 11.3 Å². The number of alkyl halides is 3. The van der Waals surface area contributed by atoms with Crippen LogP contribution in [-0.2, 0) is 6.18 Å². The van der Waals surface area contributed by atoms with Crippen LogP contribution in [0.15, 0.2) is 41.5 Å². The van der Waals surface area contributed by atoms with Crippen molar-refractivity contribution in [2.45, 2.75) is 6.18 Å². The van der Waals surface area contributed by atoms with Gasteiger partial charge in [0, 0.05) is 5.56 Å². The molecule has 2 heterocycles. The Balaban J connectivity index is 2.42. The molecule has 3 rings (SSSR count). The molecule has 28 heavy (non-hydrogen) atoms. The summed E-state index contributed by atoms with van der Waals surface area (Å²) in [5.74, 6) is 10.5. The van der Waals surface area contributed by atoms with Crippen LogP contribution < -0.4 is 22.9 Å². The standard InChI is InChI=1S/C16H12ClF4N7/c17-11-6-8(5-10(25-11)16(19,20)21)12-13(7-1-3-9(18)4-2-7)26-15(22)28(24)14(12)27-23/h1-6H,23-24H2,(H2,22,26)/b27-14-. The minimum atomic E-state index is -4.75. The first kappa shape index (κ1) is 19.4. The maximum Gasteiger partial charge on any atom is 0.433 e. The first-order valence-electron chi connectivity index (χ1n) is 7.54. The van der Waals surface area contributed by atoms with Gasteiger partial charge >= 0.3 is 6.18 Å². The van der Waals surface area contributed by atoms with Crippen LogP contribution in [0, 0.1) is 5.82 Å². The van der Waals surface area contributed by atoms with Crippen LogP contribution in [0.3, 0.4) is 0 Å². The van der Waals surface area contributed by atoms with Gasteiger partial charge in [-0.25, -0.2) is 19.0 Å². The number of rotatable bonds is 2. The fourth-order valence-electron chi connectivity index (χ4n) is 2.55. The highest BCUT2D eigenvalue weighted by atomic mass is 35.5. The van der Waals surface area contributed by atoms with Gasteiger partial charge in [-0.1, -0.05) is 11.6 Å². The van der Waals surface area contributed by atoms with Gasteiger partial charge in [-0.05, 0) is 42.0 Å². The Morgan fingerprint density at radius 1 is 1.04 bits per heavy atom. The summed E-state index contributed by atoms with van der Waals surface area (Å²) in [4.78, 5) is 7.40. The zero-order valence-corrected chi connectivity index (χ0v) is 14.6. The monoisotopic (exact) mass is 413 g/mol. The van der Waals surface area contributed by atoms with E-state index in [4.69, 9.17) is 29.0 Å². The number of nitrogens with zero attached hydrogens (tertiary/aromatic N) is 4. The van der Waals surface area contributed by atoms with Crippen LogP contribution in [0.5, 0.6) is 0 Å². The molecule has 0 fully saturated rings. The van der Waals surface area contributed by atoms with Crippen molar-refractivity contribution in [1.82, 2.24) is 14.6 Å². The van der Waals surface area contributed by atoms with Crippen LogP contribution in [0.1, 0.15) is 5.69 Å². The van der Waals surface area contributed by atoms with Crippen LogP contribution >= 0.6 is 11.6 Å². The van der Waals surface area contributed by atoms with Crippen LogP contribution in [0.2, 0.25) is 5.15 Å². The van der Waals surface area contributed by atoms with Crippen LogP contribution in [0.25, 0.3) is 22.4 Å². The topological polar surface area (TPSA) is 121 Å². The molecule has 0 aliphatic rings. The maximum atomic E-state index is 13.3. The van der Waals surface area contributed by atoms with Crippen molar-refractivity contribution >= 4 is 17.5 Å². The number of benzene rings is 1. The second kappa shape index (κ2) is 7.00. The summed E-state index contributed by atoms with van der Waals surface area (Å²) in [7, 11) is 0. The summed E-state index contributed by atoms with van der Waals surface area (Å²) >= 11 is 5.79. The Morgan fingerprint density at radius 2 is 1.68 bits per heavy atom. The second-order valence-electron chi connectivity index (χ2n) is 5.58. The normalized spacial score (nSPS) is 12.4. The molecule has 146 valence electrons. The fourth-order valence-corrected chi connectivity index (χ4v) is 2.76. The minimum Gasteiger partial charge on any atom is -0.368 e. The number of nitrogens with two attached hydrogens (primary N) is 3. The Morgan fingerprint density at radius 3 is 2.25 bits per heavy atom. The van der Waals surface area contributed by atoms with E-state index in [0.717, 1.165) is 22.9 Å². The largest absolute Gasteiger partial charge is 0.433 e. The van der Waals surface area contributed by atoms with Gasteiger partial charge in [-0.15, -0.1) is 0 Å². The minimum absolute atomic E-state index is 0.0145. The molecule has 12 heteroatoms. The lowest BCUT2D eigenvalue weighted by Crippen LogP contribution is -2.34. The highest BCUT2D eigenvalue weighted by molar-refractivity contribution is 6.29. The highest BCUT2D eigenvalue weighted by Gasteiger charge is 2.33. The van der Waals surface area contributed by atoms with E-state index in [1.165, 1.54) is 18.2 Å². The number of hydrogen-bond acceptors (Lipinski definition) is 6. The Bertz CT molecular complexity index is 1110. The molecule has 0 saturated heterocycles. The zero-order valence-electron chi connectivity index (χ0n) is 13.9. The molecule has 6 N–H and O–H groups in total. The van der Waals surface area contributed by atoms with Gasteiger partial charge in [0.25, 0.3) is 0 Å². The summed E-state index contributed by atoms with van der Waals surface area (Å²) in [5.41, 5.74) is 4.75. The van der Waals surface area contributed by atoms with Gasteiger partial charge in [-0.3, -0.25) is 0 Å². The molecule has 0 bridgehead atoms. The van der Waals surface area contributed by atoms with E-state index in [1.54, 1.807) is 0 Å². The molecule has 0 amide bonds. The van der Waals surface area contributed by atoms with Gasteiger partial charge in [0.15, 0.2) is 5.49 Å². The lowest BCUT2D eigenvalue weighted by molar-refractivity contribution is -0.141. The highest BCUT2D eigenvalue weighted by Crippen LogP contribution is 2.34. The van der Waals surface area contributed by atoms with E-state index < -0.39 is 22.8 Å². The molecule has 0 saturated carbocycles. The molecule has 0 aliphatic carbocycles. The first-order valence-corrected chi connectivity index (χ1v) is 7.92. The van der Waals surface area contributed by atoms with E-state index in [2.05, 4.69) is 15.1 Å². The molecule has 1 aromatic carbocycles. The summed E-state index contributed by atoms with van der Waals surface area (Å²) < 4.78 is 53.6. The smallest absolute Gasteiger partial charge is 0.368 e. The third kappa shape index (κ3) is 3.56. The van der Waals surface area contributed by atoms with E-state index in [0.29, 0.717) is 5.56 Å². The Kier molecular flexibility index (Phi) is 4.86. The van der Waals surface area contributed by atoms with Crippen molar-refractivity contribution in [3.8, 4) is 22.4 Å². The lowest BCUT2D eigenvalue weighted by Gasteiger charge is -2.15. The van der Waals surface area contributed by atoms with E-state index >= 15 is 0 Å². The number of halogens is 5. The molecule has 0 radical (unpaired) electrons. The molecule has 0 atom stereocenters. The first-order chi connectivity index (χ1) is 13.1. The fraction of sp³-hybridized carbons (Fsp3) is 0.0625. The number of aromatic nitrogens is 3. The molecule has 0 unspecified atom stereocenters. The zero-order chi connectivity index (χ0) is 20.6. The van der Waals surface area contributed by atoms with Gasteiger partial charge in [0.1, 0.15) is 16.7 Å². The lowest BCUT2D eigenvalue weighted by atomic mass is 10.00. The van der Waals surface area contributed by atoms with Gasteiger partial charge in [0.2, 0.25) is 5.95 Å². The quantitative estimate of drug-likeness (QED) is 0.258. The predicted molar refractivity (Wildman–Crippen MR) is 95.2 cm³/mol. The molecular formula is C16H12ClF4N7. The van der Waals surface area contributed by atoms with E-state index in [9.17, 15) is 17.6 Å². The third-order valence-corrected chi connectivity index (χ3v) is 3.97. The number of anilines is 1. The molecule has 3 aromatic rings. The number of hydrogen-bond donors (Lipinski definition) is 3. The van der Waals surface area contributed by atoms with Gasteiger partial charge < -0.3 is 17.4 Å². The summed E-state index contributed by atoms with van der Waals surface area (Å²) in [5, 5.41) is 3.11. The summed E-state index contributed by atoms with van der Waals surface area (Å²) in [6.45, 7) is 0. The predicted octanol–water partition coefficient (Wildman–Crippen LogP) is 2.49. The molecule has 7 nitrogen and oxygen atoms in total. The third-order valence-electron chi connectivity index (χ3n) is 3.77. The van der Waals surface area contributed by atoms with Crippen molar-refractivity contribution in [3.63, 3.8) is 0 Å². The van der Waals surface area contributed by atoms with Crippen molar-refractivity contribution in [3.05, 3.63) is 58.6 Å². The van der Waals surface area contributed by atoms with Crippen LogP contribution in [-0.4, -0.2) is 14.6 Å². The Hall–Kier alpha value is -3.34. The van der Waals surface area contributed by atoms with Crippen molar-refractivity contribution < 1.29 is 17.6 Å². The molecule has 2 aromatic heterocycles. The average molecular weight is 414 g/mol. The summed E-state index contributed by atoms with van der Waals surface area (Å²) in [6, 6.07) is 6.97. The maximum absolute atomic E-state index is 13.3. The summed E-state index contributed by atoms with van der Waals surface area (Å²) in [6.07, 6.45) is -4.75. The van der Waals surface area contributed by atoms with E-state index in [1.807, 2.05) is 0 Å². The van der Waals surface area contributed by atoms with E-state index in [-0.39, 0.29) is 28.3 Å². The van der Waals surface area contributed by atoms with Gasteiger partial charge in [-0.2, -0.15) is 18.3 Å². The average Bonchev–Trinajstić information content (AvgIpc) is 2.63. The van der Waals surface area contributed by atoms with Crippen LogP contribution in [0.4, 0.5) is 23.5 Å². The molecule has 0 aliphatic heterocycles. The van der Waals surface area contributed by atoms with Crippen molar-refractivity contribution in [1.29, 1.82) is 0 Å². The molecule has 0 spiro atoms. The SMILES string of the molecule is N/N=c1/c(-c2cc(Cl)nc(C(F)(F)F)c2)c(-c2ccc(F)cc2)nc(N)n1N. The van der Waals surface area contributed by atoms with Crippen molar-refractivity contribution in [2.24, 2.45) is 10.9 Å². The Labute approximate surface area is 160 Å². The molecular weight excluding hydrogens is 402 g/mol.